The van der Waals surface area contributed by atoms with Gasteiger partial charge in [0.2, 0.25) is 5.91 Å². The maximum atomic E-state index is 11.3. The third kappa shape index (κ3) is 13.0. The lowest BCUT2D eigenvalue weighted by Gasteiger charge is -2.20. The third-order valence-electron chi connectivity index (χ3n) is 2.12. The van der Waals surface area contributed by atoms with Gasteiger partial charge in [-0.05, 0) is 6.42 Å². The van der Waals surface area contributed by atoms with Crippen LogP contribution in [0.3, 0.4) is 0 Å². The van der Waals surface area contributed by atoms with Gasteiger partial charge in [0.1, 0.15) is 0 Å². The van der Waals surface area contributed by atoms with Crippen molar-refractivity contribution in [3.8, 4) is 0 Å². The largest absolute Gasteiger partial charge is 0.419 e. The van der Waals surface area contributed by atoms with E-state index in [1.807, 2.05) is 0 Å². The summed E-state index contributed by atoms with van der Waals surface area (Å²) in [5.74, 6) is -0.244. The Bertz CT molecular complexity index is 279. The predicted molar refractivity (Wildman–Crippen MR) is 74.9 cm³/mol. The van der Waals surface area contributed by atoms with E-state index < -0.39 is 28.5 Å². The topological polar surface area (TPSA) is 180 Å². The second-order valence-electron chi connectivity index (χ2n) is 4.30. The van der Waals surface area contributed by atoms with Crippen molar-refractivity contribution < 1.29 is 34.2 Å². The summed E-state index contributed by atoms with van der Waals surface area (Å²) in [5.41, 5.74) is 5.21. The second kappa shape index (κ2) is 9.11. The molecule has 20 heavy (non-hydrogen) atoms. The highest BCUT2D eigenvalue weighted by molar-refractivity contribution is 7.59. The van der Waals surface area contributed by atoms with Gasteiger partial charge in [0.25, 0.3) is 0 Å². The SMILES string of the molecule is NCCNC(=O)CCCN(C[P+](O)(O)O)C[P+](O)(O)O. The van der Waals surface area contributed by atoms with Crippen molar-refractivity contribution in [2.75, 3.05) is 32.2 Å². The summed E-state index contributed by atoms with van der Waals surface area (Å²) in [6, 6.07) is 0. The van der Waals surface area contributed by atoms with Gasteiger partial charge in [-0.25, -0.2) is 4.90 Å². The first-order chi connectivity index (χ1) is 9.03. The van der Waals surface area contributed by atoms with Crippen LogP contribution < -0.4 is 11.1 Å². The van der Waals surface area contributed by atoms with Gasteiger partial charge in [-0.1, -0.05) is 0 Å². The zero-order chi connectivity index (χ0) is 15.8. The Morgan fingerprint density at radius 2 is 1.55 bits per heavy atom. The lowest BCUT2D eigenvalue weighted by atomic mass is 10.3. The molecule has 120 valence electrons. The molecular formula is C8H23N3O7P2+2. The molecule has 0 bridgehead atoms. The Morgan fingerprint density at radius 1 is 1.05 bits per heavy atom. The summed E-state index contributed by atoms with van der Waals surface area (Å²) in [4.78, 5) is 66.2. The molecule has 0 aliphatic heterocycles. The van der Waals surface area contributed by atoms with E-state index >= 15 is 0 Å². The van der Waals surface area contributed by atoms with Gasteiger partial charge in [-0.3, -0.25) is 4.79 Å². The number of rotatable bonds is 10. The number of nitrogens with zero attached hydrogens (tertiary/aromatic N) is 1. The lowest BCUT2D eigenvalue weighted by Crippen LogP contribution is -2.32. The van der Waals surface area contributed by atoms with Crippen molar-refractivity contribution in [3.63, 3.8) is 0 Å². The van der Waals surface area contributed by atoms with Crippen molar-refractivity contribution in [2.24, 2.45) is 5.73 Å². The Labute approximate surface area is 118 Å². The van der Waals surface area contributed by atoms with Gasteiger partial charge in [-0.15, -0.1) is 0 Å². The molecule has 0 atom stereocenters. The summed E-state index contributed by atoms with van der Waals surface area (Å²) < 4.78 is 0. The molecular weight excluding hydrogens is 312 g/mol. The van der Waals surface area contributed by atoms with E-state index in [1.54, 1.807) is 0 Å². The monoisotopic (exact) mass is 335 g/mol. The average Bonchev–Trinajstić information content (AvgIpc) is 2.21. The van der Waals surface area contributed by atoms with Crippen molar-refractivity contribution in [3.05, 3.63) is 0 Å². The highest BCUT2D eigenvalue weighted by atomic mass is 31.2. The molecule has 0 aromatic carbocycles. The quantitative estimate of drug-likeness (QED) is 0.201. The van der Waals surface area contributed by atoms with Crippen molar-refractivity contribution in [2.45, 2.75) is 12.8 Å². The van der Waals surface area contributed by atoms with Gasteiger partial charge in [0.15, 0.2) is 12.6 Å². The number of hydrogen-bond donors (Lipinski definition) is 8. The van der Waals surface area contributed by atoms with E-state index in [9.17, 15) is 4.79 Å². The maximum absolute atomic E-state index is 11.3. The van der Waals surface area contributed by atoms with Crippen LogP contribution in [-0.4, -0.2) is 72.4 Å². The van der Waals surface area contributed by atoms with Gasteiger partial charge >= 0.3 is 15.9 Å². The fourth-order valence-electron chi connectivity index (χ4n) is 1.49. The van der Waals surface area contributed by atoms with Crippen LogP contribution in [0.1, 0.15) is 12.8 Å². The standard InChI is InChI=1S/C8H22N3O7P2/c9-3-4-10-8(12)2-1-5-11(6-19(13,14)15)7-20(16,17)18/h13-18H,1-7,9H2/q+1/p+1. The van der Waals surface area contributed by atoms with E-state index in [-0.39, 0.29) is 25.3 Å². The summed E-state index contributed by atoms with van der Waals surface area (Å²) in [5, 5.41) is 2.54. The van der Waals surface area contributed by atoms with Crippen LogP contribution in [0.2, 0.25) is 0 Å². The molecule has 0 aliphatic carbocycles. The average molecular weight is 335 g/mol. The number of hydrogen-bond acceptors (Lipinski definition) is 9. The van der Waals surface area contributed by atoms with Gasteiger partial charge in [0.05, 0.1) is 0 Å². The molecule has 12 heteroatoms. The summed E-state index contributed by atoms with van der Waals surface area (Å²) in [6.45, 7) is 0.736. The van der Waals surface area contributed by atoms with E-state index in [2.05, 4.69) is 5.32 Å². The molecule has 0 aromatic rings. The van der Waals surface area contributed by atoms with Crippen molar-refractivity contribution >= 4 is 21.8 Å². The molecule has 0 unspecified atom stereocenters. The van der Waals surface area contributed by atoms with Crippen LogP contribution >= 0.6 is 15.9 Å². The smallest absolute Gasteiger partial charge is 0.355 e. The molecule has 0 heterocycles. The number of carbonyl (C=O) groups is 1. The fourth-order valence-corrected chi connectivity index (χ4v) is 3.20. The number of nitrogens with one attached hydrogen (secondary N) is 1. The second-order valence-corrected chi connectivity index (χ2v) is 7.64. The first kappa shape index (κ1) is 20.0. The normalized spacial score (nSPS) is 12.8. The Kier molecular flexibility index (Phi) is 9.12. The maximum Gasteiger partial charge on any atom is 0.419 e. The minimum atomic E-state index is -4.15. The van der Waals surface area contributed by atoms with Crippen LogP contribution in [0.25, 0.3) is 0 Å². The van der Waals surface area contributed by atoms with Gasteiger partial charge < -0.3 is 11.1 Å². The minimum Gasteiger partial charge on any atom is -0.355 e. The van der Waals surface area contributed by atoms with Crippen LogP contribution in [-0.2, 0) is 4.79 Å². The highest BCUT2D eigenvalue weighted by Gasteiger charge is 2.40. The van der Waals surface area contributed by atoms with E-state index in [0.29, 0.717) is 13.1 Å². The number of amides is 1. The third-order valence-corrected chi connectivity index (χ3v) is 3.68. The fraction of sp³-hybridized carbons (Fsp3) is 0.875. The Morgan fingerprint density at radius 3 is 1.95 bits per heavy atom. The molecule has 9 N–H and O–H groups in total. The predicted octanol–water partition coefficient (Wildman–Crippen LogP) is -2.46. The van der Waals surface area contributed by atoms with E-state index in [1.165, 1.54) is 0 Å². The molecule has 0 rings (SSSR count). The number of nitrogens with two attached hydrogens (primary N) is 1. The molecule has 0 fully saturated rings. The Hall–Kier alpha value is 0.01000. The number of carbonyl (C=O) groups excluding carboxylic acids is 1. The molecule has 0 spiro atoms. The first-order valence-electron chi connectivity index (χ1n) is 5.85. The molecule has 10 nitrogen and oxygen atoms in total. The van der Waals surface area contributed by atoms with Crippen molar-refractivity contribution in [1.82, 2.24) is 10.2 Å². The summed E-state index contributed by atoms with van der Waals surface area (Å²) in [7, 11) is -8.29. The lowest BCUT2D eigenvalue weighted by molar-refractivity contribution is -0.121. The van der Waals surface area contributed by atoms with Gasteiger partial charge in [-0.2, -0.15) is 29.4 Å². The van der Waals surface area contributed by atoms with Crippen LogP contribution in [0.15, 0.2) is 0 Å². The van der Waals surface area contributed by atoms with Crippen molar-refractivity contribution in [1.29, 1.82) is 0 Å². The summed E-state index contributed by atoms with van der Waals surface area (Å²) in [6.07, 6.45) is -0.823. The molecule has 0 aromatic heterocycles. The van der Waals surface area contributed by atoms with E-state index in [0.717, 1.165) is 4.90 Å². The highest BCUT2D eigenvalue weighted by Crippen LogP contribution is 2.49. The first-order valence-corrected chi connectivity index (χ1v) is 9.52. The minimum absolute atomic E-state index is 0.0723. The molecule has 1 amide bonds. The van der Waals surface area contributed by atoms with Crippen LogP contribution in [0.4, 0.5) is 0 Å². The summed E-state index contributed by atoms with van der Waals surface area (Å²) >= 11 is 0. The molecule has 0 saturated carbocycles. The van der Waals surface area contributed by atoms with Crippen LogP contribution in [0.5, 0.6) is 0 Å². The van der Waals surface area contributed by atoms with E-state index in [4.69, 9.17) is 35.1 Å². The molecule has 0 radical (unpaired) electrons. The van der Waals surface area contributed by atoms with Crippen LogP contribution in [0, 0.1) is 0 Å². The molecule has 0 saturated heterocycles. The zero-order valence-corrected chi connectivity index (χ0v) is 12.7. The van der Waals surface area contributed by atoms with Gasteiger partial charge in [0, 0.05) is 26.1 Å². The molecule has 0 aliphatic rings. The zero-order valence-electron chi connectivity index (χ0n) is 11.0. The Balaban J connectivity index is 4.19.